The van der Waals surface area contributed by atoms with E-state index < -0.39 is 0 Å². The largest absolute Gasteiger partial charge is 0.456 e. The molecule has 14 heteroatoms. The Balaban J connectivity index is 0.000000102. The van der Waals surface area contributed by atoms with Gasteiger partial charge in [-0.3, -0.25) is 0 Å². The highest BCUT2D eigenvalue weighted by molar-refractivity contribution is 7.27. The van der Waals surface area contributed by atoms with E-state index >= 15 is 0 Å². The van der Waals surface area contributed by atoms with E-state index in [1.807, 2.05) is 54.6 Å². The van der Waals surface area contributed by atoms with E-state index in [-0.39, 0.29) is 5.41 Å². The summed E-state index contributed by atoms with van der Waals surface area (Å²) in [5.74, 6) is 2.21. The van der Waals surface area contributed by atoms with Crippen LogP contribution in [0.5, 0.6) is 0 Å². The molecule has 31 rings (SSSR count). The molecule has 0 saturated heterocycles. The van der Waals surface area contributed by atoms with Gasteiger partial charge < -0.3 is 22.7 Å². The number of rotatable bonds is 10. The molecule has 0 spiro atoms. The second-order valence-electron chi connectivity index (χ2n) is 37.3. The van der Waals surface area contributed by atoms with E-state index in [9.17, 15) is 0 Å². The maximum Gasteiger partial charge on any atom is 0.160 e. The Hall–Kier alpha value is -17.9. The van der Waals surface area contributed by atoms with Gasteiger partial charge in [0, 0.05) is 140 Å². The SMILES string of the molecule is CC1(C)c2ccccc2-c2c1ccc1c3ccccc3n(-c3cccc(-c4nc(-c5ccccc5)nc5c4sc4ccccc45)c3)c21.c1ccc(-c2nc(-c3cccc(-n4c5ccccc5c5ccc6c(c7ccccc7n6-c6ccccc6)c54)c3)c3sc4ccccc4c3n2)cc1.c1ccc(-c2nc(-c3ccccc3-n3c4ccccc4c4ccc5oc6ccccc6c5c43)c3sc4ccccc4c3n2)cc1. The van der Waals surface area contributed by atoms with Crippen molar-refractivity contribution in [3.05, 3.63) is 460 Å². The Labute approximate surface area is 831 Å². The molecule has 0 saturated carbocycles. The molecule has 0 unspecified atom stereocenters. The third kappa shape index (κ3) is 12.9. The molecular weight excluding hydrogens is 1800 g/mol. The van der Waals surface area contributed by atoms with Gasteiger partial charge in [0.25, 0.3) is 0 Å². The second kappa shape index (κ2) is 32.6. The Morgan fingerprint density at radius 1 is 0.231 bits per heavy atom. The van der Waals surface area contributed by atoms with Crippen LogP contribution < -0.4 is 0 Å². The number of aromatic nitrogens is 10. The number of hydrogen-bond donors (Lipinski definition) is 0. The summed E-state index contributed by atoms with van der Waals surface area (Å²) in [7, 11) is 0. The van der Waals surface area contributed by atoms with Gasteiger partial charge in [-0.1, -0.05) is 354 Å². The molecule has 0 N–H and O–H groups in total. The van der Waals surface area contributed by atoms with E-state index in [2.05, 4.69) is 426 Å². The predicted molar refractivity (Wildman–Crippen MR) is 600 cm³/mol. The predicted octanol–water partition coefficient (Wildman–Crippen LogP) is 35.1. The molecule has 0 fully saturated rings. The van der Waals surface area contributed by atoms with E-state index in [4.69, 9.17) is 34.3 Å². The summed E-state index contributed by atoms with van der Waals surface area (Å²) in [6.45, 7) is 4.71. The van der Waals surface area contributed by atoms with Crippen molar-refractivity contribution in [3.8, 4) is 102 Å². The molecule has 0 bridgehead atoms. The maximum atomic E-state index is 6.39. The Morgan fingerprint density at radius 3 is 1.15 bits per heavy atom. The molecule has 11 nitrogen and oxygen atoms in total. The zero-order chi connectivity index (χ0) is 94.2. The zero-order valence-electron chi connectivity index (χ0n) is 77.3. The third-order valence-electron chi connectivity index (χ3n) is 28.9. The lowest BCUT2D eigenvalue weighted by molar-refractivity contribution is 0.661. The third-order valence-corrected chi connectivity index (χ3v) is 32.4. The van der Waals surface area contributed by atoms with E-state index in [1.54, 1.807) is 34.0 Å². The summed E-state index contributed by atoms with van der Waals surface area (Å²) in [4.78, 5) is 31.4. The zero-order valence-corrected chi connectivity index (χ0v) is 79.8. The molecule has 30 aromatic rings. The first kappa shape index (κ1) is 82.2. The lowest BCUT2D eigenvalue weighted by Crippen LogP contribution is -2.14. The van der Waals surface area contributed by atoms with Crippen molar-refractivity contribution in [3.63, 3.8) is 0 Å². The van der Waals surface area contributed by atoms with Gasteiger partial charge in [0.15, 0.2) is 17.5 Å². The quantitative estimate of drug-likeness (QED) is 0.134. The van der Waals surface area contributed by atoms with Crippen LogP contribution in [0, 0.1) is 0 Å². The molecular formula is C129H80N10OS3. The minimum absolute atomic E-state index is 0.0785. The average molecular weight is 1880 g/mol. The van der Waals surface area contributed by atoms with Crippen molar-refractivity contribution in [2.75, 3.05) is 0 Å². The van der Waals surface area contributed by atoms with Gasteiger partial charge in [-0.25, -0.2) is 29.9 Å². The van der Waals surface area contributed by atoms with Gasteiger partial charge in [0.05, 0.1) is 103 Å². The fourth-order valence-corrected chi connectivity index (χ4v) is 26.1. The molecule has 19 aromatic carbocycles. The molecule has 0 radical (unpaired) electrons. The maximum absolute atomic E-state index is 6.39. The molecule has 11 aromatic heterocycles. The molecule has 670 valence electrons. The Bertz CT molecular complexity index is 10500. The number of hydrogen-bond acceptors (Lipinski definition) is 10. The second-order valence-corrected chi connectivity index (χ2v) is 40.5. The Morgan fingerprint density at radius 2 is 0.608 bits per heavy atom. The molecule has 0 aliphatic heterocycles. The number of furan rings is 1. The molecule has 11 heterocycles. The normalized spacial score (nSPS) is 12.5. The lowest BCUT2D eigenvalue weighted by Gasteiger charge is -2.21. The summed E-state index contributed by atoms with van der Waals surface area (Å²) in [5.41, 5.74) is 33.1. The van der Waals surface area contributed by atoms with Crippen LogP contribution in [0.1, 0.15) is 25.0 Å². The van der Waals surface area contributed by atoms with Crippen LogP contribution in [0.2, 0.25) is 0 Å². The fourth-order valence-electron chi connectivity index (χ4n) is 22.6. The topological polar surface area (TPSA) is 110 Å². The standard InChI is InChI=1S/C46H28N4S.C43H29N3S.C40H23N3OS/c1-3-14-29(15-4-1)46-47-42(45-43(48-46)36-22-9-12-25-40(36)51-45)30-16-13-19-32(28-30)50-37-23-10-7-20-33(37)34-26-27-39-41(44(34)50)35-21-8-11-24-38(35)49(39)31-17-5-2-6-18-31;1-43(2)33-20-9-6-18-31(33)37-34(43)24-23-30-29-17-7-10-21-35(29)46(40(30)37)28-16-12-15-27(25-28)38-41-39(32-19-8-11-22-36(32)47-41)45-42(44-38)26-13-4-3-5-14-26;1-2-12-24(13-3-1)40-41-36(39-37(42-40)29-17-7-11-21-34(29)45-39)27-15-5-9-19-31(27)43-30-18-8-4-14-25(30)26-22-23-33-35(38(26)43)28-16-6-10-20-32(28)44-33/h1-28H;3-25H,1-2H3;1-23H. The van der Waals surface area contributed by atoms with E-state index in [1.165, 1.54) is 118 Å². The van der Waals surface area contributed by atoms with Crippen LogP contribution in [-0.4, -0.2) is 48.2 Å². The number of fused-ring (bicyclic) bond motifs is 30. The average Bonchev–Trinajstić information content (AvgIpc) is 1.54. The lowest BCUT2D eigenvalue weighted by atomic mass is 9.82. The van der Waals surface area contributed by atoms with Crippen molar-refractivity contribution in [1.82, 2.24) is 48.2 Å². The first-order valence-corrected chi connectivity index (χ1v) is 50.7. The van der Waals surface area contributed by atoms with Gasteiger partial charge in [-0.2, -0.15) is 0 Å². The fraction of sp³-hybridized carbons (Fsp3) is 0.0233. The number of thiophene rings is 3. The summed E-state index contributed by atoms with van der Waals surface area (Å²) < 4.78 is 23.1. The summed E-state index contributed by atoms with van der Waals surface area (Å²) in [5, 5.41) is 15.6. The molecule has 0 atom stereocenters. The molecule has 0 amide bonds. The first-order valence-electron chi connectivity index (χ1n) is 48.3. The summed E-state index contributed by atoms with van der Waals surface area (Å²) >= 11 is 5.29. The minimum atomic E-state index is -0.0785. The highest BCUT2D eigenvalue weighted by Gasteiger charge is 2.38. The van der Waals surface area contributed by atoms with E-state index in [0.717, 1.165) is 165 Å². The van der Waals surface area contributed by atoms with Crippen molar-refractivity contribution >= 4 is 204 Å². The van der Waals surface area contributed by atoms with Gasteiger partial charge in [-0.15, -0.1) is 34.0 Å². The highest BCUT2D eigenvalue weighted by Crippen LogP contribution is 2.55. The van der Waals surface area contributed by atoms with Gasteiger partial charge in [-0.05, 0) is 126 Å². The van der Waals surface area contributed by atoms with Crippen LogP contribution in [0.3, 0.4) is 0 Å². The van der Waals surface area contributed by atoms with Crippen LogP contribution >= 0.6 is 34.0 Å². The summed E-state index contributed by atoms with van der Waals surface area (Å²) in [6.07, 6.45) is 0. The van der Waals surface area contributed by atoms with Crippen LogP contribution in [-0.2, 0) is 5.41 Å². The van der Waals surface area contributed by atoms with Crippen LogP contribution in [0.15, 0.2) is 453 Å². The number of para-hydroxylation sites is 7. The summed E-state index contributed by atoms with van der Waals surface area (Å²) in [6, 6.07) is 160. The van der Waals surface area contributed by atoms with Crippen molar-refractivity contribution in [2.24, 2.45) is 0 Å². The van der Waals surface area contributed by atoms with Crippen LogP contribution in [0.25, 0.3) is 272 Å². The number of nitrogens with zero attached hydrogens (tertiary/aromatic N) is 10. The monoisotopic (exact) mass is 1880 g/mol. The van der Waals surface area contributed by atoms with Crippen molar-refractivity contribution < 1.29 is 4.42 Å². The Kier molecular flexibility index (Phi) is 18.7. The van der Waals surface area contributed by atoms with E-state index in [0.29, 0.717) is 0 Å². The van der Waals surface area contributed by atoms with Gasteiger partial charge in [0.2, 0.25) is 0 Å². The number of benzene rings is 19. The molecule has 143 heavy (non-hydrogen) atoms. The van der Waals surface area contributed by atoms with Gasteiger partial charge in [0.1, 0.15) is 11.2 Å². The smallest absolute Gasteiger partial charge is 0.160 e. The van der Waals surface area contributed by atoms with Crippen molar-refractivity contribution in [1.29, 1.82) is 0 Å². The van der Waals surface area contributed by atoms with Gasteiger partial charge >= 0.3 is 0 Å². The molecule has 1 aliphatic rings. The highest BCUT2D eigenvalue weighted by atomic mass is 32.1. The molecule has 1 aliphatic carbocycles. The van der Waals surface area contributed by atoms with Crippen molar-refractivity contribution in [2.45, 2.75) is 19.3 Å². The van der Waals surface area contributed by atoms with Crippen LogP contribution in [0.4, 0.5) is 0 Å². The first-order chi connectivity index (χ1) is 70.7. The minimum Gasteiger partial charge on any atom is -0.456 e.